The molecule has 2 atom stereocenters. The van der Waals surface area contributed by atoms with Crippen LogP contribution in [0.15, 0.2) is 48.2 Å². The van der Waals surface area contributed by atoms with Crippen LogP contribution in [0.2, 0.25) is 0 Å². The first-order valence-electron chi connectivity index (χ1n) is 10.6. The second-order valence-corrected chi connectivity index (χ2v) is 8.31. The van der Waals surface area contributed by atoms with Crippen molar-refractivity contribution in [2.75, 3.05) is 13.2 Å². The fourth-order valence-corrected chi connectivity index (χ4v) is 4.31. The molecule has 0 spiro atoms. The van der Waals surface area contributed by atoms with E-state index in [0.29, 0.717) is 11.7 Å². The lowest BCUT2D eigenvalue weighted by atomic mass is 9.82. The fraction of sp³-hybridized carbons (Fsp3) is 0.320. The van der Waals surface area contributed by atoms with Crippen LogP contribution in [0, 0.1) is 5.82 Å². The van der Waals surface area contributed by atoms with E-state index in [0.717, 1.165) is 36.8 Å². The van der Waals surface area contributed by atoms with E-state index in [4.69, 9.17) is 9.47 Å². The number of fused-ring (bicyclic) bond motifs is 1. The van der Waals surface area contributed by atoms with Crippen LogP contribution in [0.3, 0.4) is 0 Å². The van der Waals surface area contributed by atoms with Crippen LogP contribution in [0.5, 0.6) is 11.5 Å². The van der Waals surface area contributed by atoms with Crippen molar-refractivity contribution in [2.24, 2.45) is 0 Å². The molecule has 0 radical (unpaired) electrons. The maximum Gasteiger partial charge on any atom is 0.424 e. The van der Waals surface area contributed by atoms with Crippen LogP contribution in [0.25, 0.3) is 11.6 Å². The molecule has 2 aliphatic heterocycles. The third kappa shape index (κ3) is 4.52. The van der Waals surface area contributed by atoms with Crippen molar-refractivity contribution in [1.82, 2.24) is 0 Å². The summed E-state index contributed by atoms with van der Waals surface area (Å²) in [5.41, 5.74) is -0.981. The highest BCUT2D eigenvalue weighted by atomic mass is 19.4. The maximum absolute atomic E-state index is 13.5. The number of allylic oxidation sites excluding steroid dienone is 1. The third-order valence-electron chi connectivity index (χ3n) is 6.03. The number of ether oxygens (including phenoxy) is 2. The summed E-state index contributed by atoms with van der Waals surface area (Å²) in [6, 6.07) is 9.81. The molecule has 2 unspecified atom stereocenters. The van der Waals surface area contributed by atoms with Crippen molar-refractivity contribution in [1.29, 1.82) is 0 Å². The normalized spacial score (nSPS) is 20.0. The second-order valence-electron chi connectivity index (χ2n) is 8.31. The van der Waals surface area contributed by atoms with Crippen LogP contribution >= 0.6 is 0 Å². The summed E-state index contributed by atoms with van der Waals surface area (Å²) >= 11 is 0. The molecule has 5 nitrogen and oxygen atoms in total. The van der Waals surface area contributed by atoms with Gasteiger partial charge in [-0.05, 0) is 47.8 Å². The lowest BCUT2D eigenvalue weighted by Gasteiger charge is -2.30. The molecule has 0 aromatic heterocycles. The molecule has 34 heavy (non-hydrogen) atoms. The zero-order valence-corrected chi connectivity index (χ0v) is 17.9. The Hall–Kier alpha value is -3.33. The van der Waals surface area contributed by atoms with Crippen LogP contribution in [0.4, 0.5) is 17.6 Å². The predicted octanol–water partition coefficient (Wildman–Crippen LogP) is 5.34. The lowest BCUT2D eigenvalue weighted by molar-refractivity contribution is -0.242. The Balaban J connectivity index is 0.000000170. The average molecular weight is 478 g/mol. The average Bonchev–Trinajstić information content (AvgIpc) is 2.79. The molecule has 9 heteroatoms. The molecule has 0 amide bonds. The van der Waals surface area contributed by atoms with E-state index >= 15 is 0 Å². The minimum atomic E-state index is -5.11. The van der Waals surface area contributed by atoms with Gasteiger partial charge in [-0.3, -0.25) is 4.79 Å². The molecule has 180 valence electrons. The summed E-state index contributed by atoms with van der Waals surface area (Å²) in [6.45, 7) is 0.643. The standard InChI is InChI=1S/C13H10F4O3.C12H12O2/c14-10-3-1-2-9-8(4-5-20-11(9)10)6-12(19,7-18)13(15,16)17;13-10-6-8-2-1-3-11-12(8)9(7-10)4-5-14-11/h1-4,7,19H,5-6H2;1-3,6,9,13H,4-5,7H2. The topological polar surface area (TPSA) is 76.0 Å². The van der Waals surface area contributed by atoms with Gasteiger partial charge in [0.15, 0.2) is 17.9 Å². The number of carbonyl (C=O) groups excluding carboxylic acids is 1. The molecular formula is C25H22F4O5. The first-order chi connectivity index (χ1) is 16.1. The minimum absolute atomic E-state index is 0.0117. The van der Waals surface area contributed by atoms with E-state index < -0.39 is 30.3 Å². The van der Waals surface area contributed by atoms with Crippen molar-refractivity contribution in [3.63, 3.8) is 0 Å². The summed E-state index contributed by atoms with van der Waals surface area (Å²) in [6.07, 6.45) is -1.73. The minimum Gasteiger partial charge on any atom is -0.512 e. The number of aldehydes is 1. The predicted molar refractivity (Wildman–Crippen MR) is 116 cm³/mol. The summed E-state index contributed by atoms with van der Waals surface area (Å²) in [7, 11) is 0. The van der Waals surface area contributed by atoms with Crippen molar-refractivity contribution < 1.29 is 42.0 Å². The number of aliphatic hydroxyl groups is 2. The van der Waals surface area contributed by atoms with Gasteiger partial charge in [-0.15, -0.1) is 0 Å². The summed E-state index contributed by atoms with van der Waals surface area (Å²) in [5, 5.41) is 19.0. The highest BCUT2D eigenvalue weighted by Crippen LogP contribution is 2.43. The molecule has 0 saturated carbocycles. The largest absolute Gasteiger partial charge is 0.512 e. The molecule has 0 saturated heterocycles. The lowest BCUT2D eigenvalue weighted by Crippen LogP contribution is -2.47. The Morgan fingerprint density at radius 2 is 1.88 bits per heavy atom. The number of hydrogen-bond donors (Lipinski definition) is 2. The van der Waals surface area contributed by atoms with Gasteiger partial charge in [0.05, 0.1) is 12.4 Å². The van der Waals surface area contributed by atoms with E-state index in [-0.39, 0.29) is 23.5 Å². The van der Waals surface area contributed by atoms with Gasteiger partial charge in [0.25, 0.3) is 0 Å². The van der Waals surface area contributed by atoms with Gasteiger partial charge in [-0.2, -0.15) is 13.2 Å². The van der Waals surface area contributed by atoms with Gasteiger partial charge in [-0.1, -0.05) is 24.3 Å². The van der Waals surface area contributed by atoms with E-state index in [2.05, 4.69) is 0 Å². The molecule has 3 aliphatic rings. The Morgan fingerprint density at radius 1 is 1.12 bits per heavy atom. The number of rotatable bonds is 3. The number of carbonyl (C=O) groups is 1. The van der Waals surface area contributed by atoms with Crippen molar-refractivity contribution in [3.8, 4) is 11.5 Å². The molecule has 0 fully saturated rings. The molecule has 2 aromatic carbocycles. The smallest absolute Gasteiger partial charge is 0.424 e. The molecular weight excluding hydrogens is 456 g/mol. The maximum atomic E-state index is 13.5. The molecule has 2 heterocycles. The van der Waals surface area contributed by atoms with Crippen LogP contribution in [0.1, 0.15) is 41.9 Å². The van der Waals surface area contributed by atoms with Crippen LogP contribution in [-0.2, 0) is 4.79 Å². The second kappa shape index (κ2) is 9.13. The SMILES string of the molecule is O=CC(O)(CC1=CCOc2c(F)cccc21)C(F)(F)F.OC1=Cc2cccc3c2C(CCO3)C1. The number of para-hydroxylation sites is 1. The first kappa shape index (κ1) is 23.8. The van der Waals surface area contributed by atoms with E-state index in [1.54, 1.807) is 0 Å². The first-order valence-corrected chi connectivity index (χ1v) is 10.6. The molecule has 2 aromatic rings. The van der Waals surface area contributed by atoms with Gasteiger partial charge in [0.2, 0.25) is 5.60 Å². The number of benzene rings is 2. The van der Waals surface area contributed by atoms with Crippen molar-refractivity contribution in [3.05, 3.63) is 70.7 Å². The van der Waals surface area contributed by atoms with E-state index in [1.165, 1.54) is 23.8 Å². The van der Waals surface area contributed by atoms with Gasteiger partial charge in [-0.25, -0.2) is 4.39 Å². The molecule has 2 N–H and O–H groups in total. The van der Waals surface area contributed by atoms with Crippen molar-refractivity contribution >= 4 is 17.9 Å². The zero-order chi connectivity index (χ0) is 24.5. The molecule has 1 aliphatic carbocycles. The number of halogens is 4. The Labute approximate surface area is 192 Å². The summed E-state index contributed by atoms with van der Waals surface area (Å²) in [5.74, 6) is 1.07. The Bertz CT molecular complexity index is 1150. The highest BCUT2D eigenvalue weighted by molar-refractivity contribution is 5.77. The van der Waals surface area contributed by atoms with Gasteiger partial charge < -0.3 is 19.7 Å². The highest BCUT2D eigenvalue weighted by Gasteiger charge is 2.54. The van der Waals surface area contributed by atoms with E-state index in [1.807, 2.05) is 24.3 Å². The third-order valence-corrected chi connectivity index (χ3v) is 6.03. The number of alkyl halides is 3. The fourth-order valence-electron chi connectivity index (χ4n) is 4.31. The Kier molecular flexibility index (Phi) is 6.40. The van der Waals surface area contributed by atoms with Gasteiger partial charge in [0, 0.05) is 24.0 Å². The van der Waals surface area contributed by atoms with Crippen LogP contribution < -0.4 is 9.47 Å². The van der Waals surface area contributed by atoms with E-state index in [9.17, 15) is 32.6 Å². The number of hydrogen-bond acceptors (Lipinski definition) is 5. The summed E-state index contributed by atoms with van der Waals surface area (Å²) < 4.78 is 62.2. The monoisotopic (exact) mass is 478 g/mol. The van der Waals surface area contributed by atoms with Crippen molar-refractivity contribution in [2.45, 2.75) is 37.0 Å². The van der Waals surface area contributed by atoms with Gasteiger partial charge >= 0.3 is 6.18 Å². The molecule has 5 rings (SSSR count). The quantitative estimate of drug-likeness (QED) is 0.460. The summed E-state index contributed by atoms with van der Waals surface area (Å²) in [4.78, 5) is 10.6. The van der Waals surface area contributed by atoms with Gasteiger partial charge in [0.1, 0.15) is 12.4 Å². The zero-order valence-electron chi connectivity index (χ0n) is 17.9. The Morgan fingerprint density at radius 3 is 2.62 bits per heavy atom. The molecule has 0 bridgehead atoms. The van der Waals surface area contributed by atoms with Crippen LogP contribution in [-0.4, -0.2) is 41.5 Å². The number of aliphatic hydroxyl groups excluding tert-OH is 1.